The number of benzene rings is 2. The largest absolute Gasteiger partial charge is 0.497 e. The average molecular weight is 440 g/mol. The molecule has 0 aliphatic heterocycles. The van der Waals surface area contributed by atoms with Crippen molar-refractivity contribution in [3.63, 3.8) is 0 Å². The summed E-state index contributed by atoms with van der Waals surface area (Å²) in [7, 11) is 5.12. The van der Waals surface area contributed by atoms with Gasteiger partial charge in [-0.05, 0) is 38.1 Å². The summed E-state index contributed by atoms with van der Waals surface area (Å²) in [5.74, 6) is 2.14. The smallest absolute Gasteiger partial charge is 0.222 e. The predicted molar refractivity (Wildman–Crippen MR) is 125 cm³/mol. The highest BCUT2D eigenvalue weighted by Crippen LogP contribution is 2.35. The first-order chi connectivity index (χ1) is 15.4. The molecule has 0 fully saturated rings. The third-order valence-electron chi connectivity index (χ3n) is 5.30. The molecule has 3 rings (SSSR count). The van der Waals surface area contributed by atoms with Gasteiger partial charge in [-0.1, -0.05) is 30.3 Å². The van der Waals surface area contributed by atoms with Gasteiger partial charge < -0.3 is 19.3 Å². The van der Waals surface area contributed by atoms with Crippen LogP contribution < -0.4 is 9.47 Å². The van der Waals surface area contributed by atoms with Gasteiger partial charge in [0.15, 0.2) is 0 Å². The van der Waals surface area contributed by atoms with Crippen molar-refractivity contribution >= 4 is 0 Å². The Balaban J connectivity index is 1.99. The zero-order chi connectivity index (χ0) is 23.1. The molecule has 0 unspecified atom stereocenters. The molecule has 1 heterocycles. The van der Waals surface area contributed by atoms with Gasteiger partial charge in [0.05, 0.1) is 25.4 Å². The minimum absolute atomic E-state index is 0.208. The van der Waals surface area contributed by atoms with Gasteiger partial charge in [0.25, 0.3) is 0 Å². The van der Waals surface area contributed by atoms with Crippen molar-refractivity contribution in [3.05, 3.63) is 60.2 Å². The summed E-state index contributed by atoms with van der Waals surface area (Å²) in [5.41, 5.74) is 2.85. The minimum Gasteiger partial charge on any atom is -0.497 e. The van der Waals surface area contributed by atoms with Crippen LogP contribution in [-0.2, 0) is 18.3 Å². The summed E-state index contributed by atoms with van der Waals surface area (Å²) >= 11 is 0. The lowest BCUT2D eigenvalue weighted by molar-refractivity contribution is 0.0278. The normalized spacial score (nSPS) is 12.4. The lowest BCUT2D eigenvalue weighted by atomic mass is 10.1. The third kappa shape index (κ3) is 5.88. The quantitative estimate of drug-likeness (QED) is 0.485. The number of aromatic nitrogens is 2. The number of methoxy groups -OCH3 is 2. The number of nitrogens with zero attached hydrogens (tertiary/aromatic N) is 3. The van der Waals surface area contributed by atoms with Gasteiger partial charge in [0.1, 0.15) is 17.2 Å². The summed E-state index contributed by atoms with van der Waals surface area (Å²) in [6.07, 6.45) is -0.579. The van der Waals surface area contributed by atoms with Gasteiger partial charge in [0.2, 0.25) is 5.88 Å². The van der Waals surface area contributed by atoms with Crippen molar-refractivity contribution in [2.45, 2.75) is 32.5 Å². The van der Waals surface area contributed by atoms with Crippen LogP contribution in [0.15, 0.2) is 54.6 Å². The summed E-state index contributed by atoms with van der Waals surface area (Å²) < 4.78 is 18.5. The summed E-state index contributed by atoms with van der Waals surface area (Å²) in [6.45, 7) is 5.57. The van der Waals surface area contributed by atoms with E-state index in [2.05, 4.69) is 18.7 Å². The molecular formula is C25H33N3O4. The number of aryl methyl sites for hydroxylation is 1. The molecule has 0 aliphatic rings. The van der Waals surface area contributed by atoms with Crippen molar-refractivity contribution < 1.29 is 19.3 Å². The Morgan fingerprint density at radius 3 is 2.25 bits per heavy atom. The molecule has 0 saturated heterocycles. The van der Waals surface area contributed by atoms with Gasteiger partial charge >= 0.3 is 0 Å². The highest BCUT2D eigenvalue weighted by Gasteiger charge is 2.24. The van der Waals surface area contributed by atoms with E-state index in [1.165, 1.54) is 0 Å². The number of ether oxygens (including phenoxy) is 3. The molecule has 172 valence electrons. The Labute approximate surface area is 190 Å². The molecular weight excluding hydrogens is 406 g/mol. The van der Waals surface area contributed by atoms with E-state index in [-0.39, 0.29) is 12.6 Å². The fourth-order valence-electron chi connectivity index (χ4n) is 3.58. The molecule has 0 saturated carbocycles. The molecule has 0 bridgehead atoms. The molecule has 32 heavy (non-hydrogen) atoms. The molecule has 1 aromatic heterocycles. The zero-order valence-corrected chi connectivity index (χ0v) is 19.5. The van der Waals surface area contributed by atoms with Gasteiger partial charge in [-0.15, -0.1) is 0 Å². The first-order valence-electron chi connectivity index (χ1n) is 10.8. The van der Waals surface area contributed by atoms with E-state index in [0.717, 1.165) is 22.6 Å². The lowest BCUT2D eigenvalue weighted by Gasteiger charge is -2.29. The van der Waals surface area contributed by atoms with Crippen LogP contribution in [0.2, 0.25) is 0 Å². The third-order valence-corrected chi connectivity index (χ3v) is 5.30. The Morgan fingerprint density at radius 1 is 1.00 bits per heavy atom. The average Bonchev–Trinajstić information content (AvgIpc) is 3.09. The minimum atomic E-state index is -0.579. The Kier molecular flexibility index (Phi) is 8.27. The summed E-state index contributed by atoms with van der Waals surface area (Å²) in [4.78, 5) is 2.20. The second kappa shape index (κ2) is 11.1. The first kappa shape index (κ1) is 23.8. The maximum atomic E-state index is 10.4. The van der Waals surface area contributed by atoms with Gasteiger partial charge in [-0.3, -0.25) is 4.90 Å². The van der Waals surface area contributed by atoms with E-state index in [1.807, 2.05) is 61.6 Å². The highest BCUT2D eigenvalue weighted by molar-refractivity contribution is 5.65. The topological polar surface area (TPSA) is 69.0 Å². The first-order valence-corrected chi connectivity index (χ1v) is 10.8. The molecule has 1 atom stereocenters. The van der Waals surface area contributed by atoms with Crippen LogP contribution in [0.25, 0.3) is 11.3 Å². The van der Waals surface area contributed by atoms with Crippen LogP contribution >= 0.6 is 0 Å². The molecule has 7 heteroatoms. The van der Waals surface area contributed by atoms with Crippen LogP contribution in [0.3, 0.4) is 0 Å². The van der Waals surface area contributed by atoms with Gasteiger partial charge in [0, 0.05) is 38.9 Å². The molecule has 0 aliphatic carbocycles. The van der Waals surface area contributed by atoms with E-state index in [1.54, 1.807) is 18.9 Å². The molecule has 0 amide bonds. The fourth-order valence-corrected chi connectivity index (χ4v) is 3.58. The molecule has 0 spiro atoms. The van der Waals surface area contributed by atoms with E-state index in [0.29, 0.717) is 24.7 Å². The monoisotopic (exact) mass is 439 g/mol. The Bertz CT molecular complexity index is 971. The number of rotatable bonds is 11. The highest BCUT2D eigenvalue weighted by atomic mass is 16.5. The summed E-state index contributed by atoms with van der Waals surface area (Å²) in [6, 6.07) is 17.8. The van der Waals surface area contributed by atoms with Crippen molar-refractivity contribution in [2.24, 2.45) is 7.05 Å². The zero-order valence-electron chi connectivity index (χ0n) is 19.5. The maximum absolute atomic E-state index is 10.4. The van der Waals surface area contributed by atoms with E-state index in [4.69, 9.17) is 19.3 Å². The van der Waals surface area contributed by atoms with Crippen molar-refractivity contribution in [3.8, 4) is 28.6 Å². The van der Waals surface area contributed by atoms with Crippen molar-refractivity contribution in [1.29, 1.82) is 0 Å². The molecule has 7 nitrogen and oxygen atoms in total. The number of hydrogen-bond donors (Lipinski definition) is 1. The molecule has 0 radical (unpaired) electrons. The van der Waals surface area contributed by atoms with Crippen LogP contribution in [-0.4, -0.2) is 59.3 Å². The Morgan fingerprint density at radius 2 is 1.66 bits per heavy atom. The molecule has 3 aromatic rings. The van der Waals surface area contributed by atoms with E-state index >= 15 is 0 Å². The fraction of sp³-hybridized carbons (Fsp3) is 0.400. The predicted octanol–water partition coefficient (Wildman–Crippen LogP) is 4.11. The second-order valence-corrected chi connectivity index (χ2v) is 8.03. The van der Waals surface area contributed by atoms with Crippen LogP contribution in [0.4, 0.5) is 0 Å². The van der Waals surface area contributed by atoms with Crippen molar-refractivity contribution in [2.75, 3.05) is 27.4 Å². The number of aliphatic hydroxyl groups excluding tert-OH is 1. The Hall–Kier alpha value is -2.87. The van der Waals surface area contributed by atoms with Gasteiger partial charge in [-0.2, -0.15) is 5.10 Å². The lowest BCUT2D eigenvalue weighted by Crippen LogP contribution is -2.38. The standard InChI is InChI=1S/C25H33N3O4/c1-18(2)28(15-20(29)17-30-4)16-23-24(19-9-7-6-8-10-19)26-27(3)25(23)32-22-13-11-21(31-5)12-14-22/h6-14,18,20,29H,15-17H2,1-5H3/t20-/m0/s1. The van der Waals surface area contributed by atoms with Gasteiger partial charge in [-0.25, -0.2) is 4.68 Å². The summed E-state index contributed by atoms with van der Waals surface area (Å²) in [5, 5.41) is 15.2. The maximum Gasteiger partial charge on any atom is 0.222 e. The van der Waals surface area contributed by atoms with Crippen LogP contribution in [0, 0.1) is 0 Å². The SMILES string of the molecule is COC[C@@H](O)CN(Cc1c(-c2ccccc2)nn(C)c1Oc1ccc(OC)cc1)C(C)C. The van der Waals surface area contributed by atoms with E-state index < -0.39 is 6.10 Å². The molecule has 1 N–H and O–H groups in total. The van der Waals surface area contributed by atoms with Crippen molar-refractivity contribution in [1.82, 2.24) is 14.7 Å². The number of hydrogen-bond acceptors (Lipinski definition) is 6. The van der Waals surface area contributed by atoms with E-state index in [9.17, 15) is 5.11 Å². The van der Waals surface area contributed by atoms with Crippen LogP contribution in [0.5, 0.6) is 17.4 Å². The second-order valence-electron chi connectivity index (χ2n) is 8.03. The van der Waals surface area contributed by atoms with Crippen LogP contribution in [0.1, 0.15) is 19.4 Å². The molecule has 2 aromatic carbocycles. The number of aliphatic hydroxyl groups is 1.